The Hall–Kier alpha value is -2.23. The molecule has 1 N–H and O–H groups in total. The minimum Gasteiger partial charge on any atom is -0.478 e. The van der Waals surface area contributed by atoms with Crippen molar-refractivity contribution in [2.45, 2.75) is 6.10 Å². The number of carboxylic acid groups (broad SMARTS) is 1. The fourth-order valence-electron chi connectivity index (χ4n) is 2.31. The summed E-state index contributed by atoms with van der Waals surface area (Å²) < 4.78 is 5.64. The number of carbonyl (C=O) groups is 1. The van der Waals surface area contributed by atoms with E-state index in [0.717, 1.165) is 16.5 Å². The van der Waals surface area contributed by atoms with Crippen LogP contribution in [0.25, 0.3) is 10.8 Å². The van der Waals surface area contributed by atoms with Crippen LogP contribution in [-0.4, -0.2) is 30.8 Å². The Morgan fingerprint density at radius 1 is 1.33 bits per heavy atom. The first-order valence-electron chi connectivity index (χ1n) is 5.79. The zero-order chi connectivity index (χ0) is 12.7. The first-order valence-corrected chi connectivity index (χ1v) is 5.79. The van der Waals surface area contributed by atoms with Crippen LogP contribution in [-0.2, 0) is 4.79 Å². The van der Waals surface area contributed by atoms with Crippen LogP contribution < -0.4 is 9.64 Å². The lowest BCUT2D eigenvalue weighted by Gasteiger charge is -2.32. The maximum atomic E-state index is 11.1. The van der Waals surface area contributed by atoms with Gasteiger partial charge in [0.15, 0.2) is 5.75 Å². The average Bonchev–Trinajstić information content (AvgIpc) is 2.38. The van der Waals surface area contributed by atoms with Crippen LogP contribution in [0.3, 0.4) is 0 Å². The molecule has 92 valence electrons. The van der Waals surface area contributed by atoms with Gasteiger partial charge in [-0.15, -0.1) is 0 Å². The number of hydrogen-bond acceptors (Lipinski definition) is 3. The van der Waals surface area contributed by atoms with Gasteiger partial charge in [0, 0.05) is 12.4 Å². The van der Waals surface area contributed by atoms with Gasteiger partial charge in [0.25, 0.3) is 0 Å². The summed E-state index contributed by atoms with van der Waals surface area (Å²) in [4.78, 5) is 13.0. The van der Waals surface area contributed by atoms with Gasteiger partial charge in [-0.3, -0.25) is 0 Å². The summed E-state index contributed by atoms with van der Waals surface area (Å²) in [6, 6.07) is 11.8. The fraction of sp³-hybridized carbons (Fsp3) is 0.214. The lowest BCUT2D eigenvalue weighted by atomic mass is 10.1. The molecule has 1 unspecified atom stereocenters. The highest BCUT2D eigenvalue weighted by Crippen LogP contribution is 2.39. The molecule has 4 nitrogen and oxygen atoms in total. The number of fused-ring (bicyclic) bond motifs is 3. The molecule has 0 radical (unpaired) electrons. The molecule has 2 aromatic rings. The first-order chi connectivity index (χ1) is 8.66. The van der Waals surface area contributed by atoms with E-state index in [-0.39, 0.29) is 0 Å². The predicted molar refractivity (Wildman–Crippen MR) is 69.3 cm³/mol. The highest BCUT2D eigenvalue weighted by Gasteiger charge is 2.29. The van der Waals surface area contributed by atoms with Crippen molar-refractivity contribution in [2.24, 2.45) is 0 Å². The molecule has 0 amide bonds. The summed E-state index contributed by atoms with van der Waals surface area (Å²) in [6.45, 7) is 0.362. The van der Waals surface area contributed by atoms with Crippen molar-refractivity contribution >= 4 is 22.4 Å². The van der Waals surface area contributed by atoms with Crippen LogP contribution in [0.1, 0.15) is 0 Å². The van der Waals surface area contributed by atoms with E-state index in [9.17, 15) is 4.79 Å². The van der Waals surface area contributed by atoms with Gasteiger partial charge >= 0.3 is 5.97 Å². The van der Waals surface area contributed by atoms with Crippen LogP contribution in [0, 0.1) is 0 Å². The van der Waals surface area contributed by atoms with Crippen LogP contribution in [0.4, 0.5) is 5.69 Å². The van der Waals surface area contributed by atoms with Crippen molar-refractivity contribution in [3.05, 3.63) is 36.4 Å². The van der Waals surface area contributed by atoms with Gasteiger partial charge in [-0.2, -0.15) is 0 Å². The first kappa shape index (κ1) is 10.9. The van der Waals surface area contributed by atoms with E-state index in [0.29, 0.717) is 12.3 Å². The van der Waals surface area contributed by atoms with Gasteiger partial charge in [-0.25, -0.2) is 4.79 Å². The maximum absolute atomic E-state index is 11.1. The monoisotopic (exact) mass is 243 g/mol. The molecule has 1 aliphatic heterocycles. The Bertz CT molecular complexity index is 623. The van der Waals surface area contributed by atoms with Crippen molar-refractivity contribution in [3.8, 4) is 5.75 Å². The smallest absolute Gasteiger partial charge is 0.346 e. The number of anilines is 1. The molecule has 0 bridgehead atoms. The van der Waals surface area contributed by atoms with Crippen LogP contribution in [0.2, 0.25) is 0 Å². The Morgan fingerprint density at radius 3 is 2.89 bits per heavy atom. The molecule has 3 rings (SSSR count). The van der Waals surface area contributed by atoms with Crippen molar-refractivity contribution in [3.63, 3.8) is 0 Å². The minimum absolute atomic E-state index is 0.362. The van der Waals surface area contributed by atoms with Gasteiger partial charge < -0.3 is 14.7 Å². The quantitative estimate of drug-likeness (QED) is 0.833. The number of aliphatic carboxylic acids is 1. The topological polar surface area (TPSA) is 49.8 Å². The van der Waals surface area contributed by atoms with Crippen LogP contribution in [0.5, 0.6) is 5.75 Å². The Labute approximate surface area is 104 Å². The fourth-order valence-corrected chi connectivity index (χ4v) is 2.31. The standard InChI is InChI=1S/C14H13NO3/c1-15-8-12(14(16)17)18-13-10-5-3-2-4-9(10)6-7-11(13)15/h2-7,12H,8H2,1H3,(H,16,17). The van der Waals surface area contributed by atoms with Gasteiger partial charge in [0.1, 0.15) is 0 Å². The molecule has 1 atom stereocenters. The van der Waals surface area contributed by atoms with Gasteiger partial charge in [-0.05, 0) is 11.5 Å². The summed E-state index contributed by atoms with van der Waals surface area (Å²) in [5.74, 6) is -0.269. The third kappa shape index (κ3) is 1.57. The normalized spacial score (nSPS) is 18.3. The molecule has 0 fully saturated rings. The van der Waals surface area contributed by atoms with Crippen molar-refractivity contribution in [1.29, 1.82) is 0 Å². The zero-order valence-electron chi connectivity index (χ0n) is 9.96. The molecule has 0 saturated carbocycles. The van der Waals surface area contributed by atoms with E-state index < -0.39 is 12.1 Å². The lowest BCUT2D eigenvalue weighted by molar-refractivity contribution is -0.144. The number of likely N-dealkylation sites (N-methyl/N-ethyl adjacent to an activating group) is 1. The van der Waals surface area contributed by atoms with Crippen LogP contribution >= 0.6 is 0 Å². The summed E-state index contributed by atoms with van der Waals surface area (Å²) in [5.41, 5.74) is 0.936. The van der Waals surface area contributed by atoms with E-state index in [1.54, 1.807) is 0 Å². The van der Waals surface area contributed by atoms with Crippen LogP contribution in [0.15, 0.2) is 36.4 Å². The molecule has 4 heteroatoms. The summed E-state index contributed by atoms with van der Waals surface area (Å²) in [5, 5.41) is 11.1. The van der Waals surface area contributed by atoms with Crippen molar-refractivity contribution < 1.29 is 14.6 Å². The van der Waals surface area contributed by atoms with E-state index >= 15 is 0 Å². The van der Waals surface area contributed by atoms with Gasteiger partial charge in [0.05, 0.1) is 12.2 Å². The number of rotatable bonds is 1. The third-order valence-corrected chi connectivity index (χ3v) is 3.25. The van der Waals surface area contributed by atoms with E-state index in [1.165, 1.54) is 0 Å². The minimum atomic E-state index is -0.930. The molecule has 2 aromatic carbocycles. The molecule has 0 saturated heterocycles. The molecule has 1 aliphatic rings. The van der Waals surface area contributed by atoms with Crippen molar-refractivity contribution in [1.82, 2.24) is 0 Å². The number of benzene rings is 2. The number of ether oxygens (including phenoxy) is 1. The number of carboxylic acids is 1. The second-order valence-electron chi connectivity index (χ2n) is 4.46. The highest BCUT2D eigenvalue weighted by atomic mass is 16.5. The third-order valence-electron chi connectivity index (χ3n) is 3.25. The Morgan fingerprint density at radius 2 is 2.11 bits per heavy atom. The molecular formula is C14H13NO3. The summed E-state index contributed by atoms with van der Waals surface area (Å²) >= 11 is 0. The molecule has 0 aliphatic carbocycles. The van der Waals surface area contributed by atoms with E-state index in [4.69, 9.17) is 9.84 Å². The largest absolute Gasteiger partial charge is 0.478 e. The van der Waals surface area contributed by atoms with E-state index in [1.807, 2.05) is 48.3 Å². The molecule has 0 spiro atoms. The summed E-state index contributed by atoms with van der Waals surface area (Å²) in [6.07, 6.45) is -0.812. The second-order valence-corrected chi connectivity index (χ2v) is 4.46. The molecular weight excluding hydrogens is 230 g/mol. The zero-order valence-corrected chi connectivity index (χ0v) is 9.96. The Balaban J connectivity index is 2.20. The predicted octanol–water partition coefficient (Wildman–Crippen LogP) is 2.12. The maximum Gasteiger partial charge on any atom is 0.346 e. The van der Waals surface area contributed by atoms with Crippen molar-refractivity contribution in [2.75, 3.05) is 18.5 Å². The Kier molecular flexibility index (Phi) is 2.37. The van der Waals surface area contributed by atoms with E-state index in [2.05, 4.69) is 0 Å². The number of nitrogens with zero attached hydrogens (tertiary/aromatic N) is 1. The van der Waals surface area contributed by atoms with Gasteiger partial charge in [-0.1, -0.05) is 30.3 Å². The summed E-state index contributed by atoms with van der Waals surface area (Å²) in [7, 11) is 1.88. The molecule has 18 heavy (non-hydrogen) atoms. The average molecular weight is 243 g/mol. The second kappa shape index (κ2) is 3.91. The number of hydrogen-bond donors (Lipinski definition) is 1. The SMILES string of the molecule is CN1CC(C(=O)O)Oc2c1ccc1ccccc21. The van der Waals surface area contributed by atoms with Gasteiger partial charge in [0.2, 0.25) is 6.10 Å². The lowest BCUT2D eigenvalue weighted by Crippen LogP contribution is -2.42. The molecule has 0 aromatic heterocycles. The highest BCUT2D eigenvalue weighted by molar-refractivity contribution is 5.94. The molecule has 1 heterocycles.